The normalized spacial score (nSPS) is 15.5. The summed E-state index contributed by atoms with van der Waals surface area (Å²) in [5.41, 5.74) is 5.94. The molecule has 1 saturated carbocycles. The van der Waals surface area contributed by atoms with Gasteiger partial charge in [-0.15, -0.1) is 5.10 Å². The number of benzene rings is 1. The molecule has 0 spiro atoms. The molecule has 1 aromatic carbocycles. The summed E-state index contributed by atoms with van der Waals surface area (Å²) in [7, 11) is 1.64. The van der Waals surface area contributed by atoms with E-state index in [0.29, 0.717) is 34.9 Å². The number of imidazole rings is 1. The summed E-state index contributed by atoms with van der Waals surface area (Å²) in [4.78, 5) is 30.8. The van der Waals surface area contributed by atoms with Crippen LogP contribution in [0.5, 0.6) is 5.75 Å². The highest BCUT2D eigenvalue weighted by Crippen LogP contribution is 2.41. The first-order chi connectivity index (χ1) is 21.9. The van der Waals surface area contributed by atoms with Gasteiger partial charge < -0.3 is 15.4 Å². The first-order valence-corrected chi connectivity index (χ1v) is 15.3. The number of hydrogen-bond donors (Lipinski definition) is 2. The first-order valence-electron chi connectivity index (χ1n) is 15.3. The van der Waals surface area contributed by atoms with Gasteiger partial charge in [-0.05, 0) is 43.4 Å². The second-order valence-corrected chi connectivity index (χ2v) is 11.6. The molecule has 4 aromatic rings. The molecule has 1 amide bonds. The van der Waals surface area contributed by atoms with Crippen molar-refractivity contribution in [2.24, 2.45) is 5.92 Å². The first kappa shape index (κ1) is 30.0. The summed E-state index contributed by atoms with van der Waals surface area (Å²) in [6.45, 7) is 11.0. The molecule has 232 valence electrons. The lowest BCUT2D eigenvalue weighted by Crippen LogP contribution is -2.48. The molecule has 0 bridgehead atoms. The second kappa shape index (κ2) is 12.9. The van der Waals surface area contributed by atoms with Gasteiger partial charge in [-0.25, -0.2) is 9.50 Å². The number of likely N-dealkylation sites (tertiary alicyclic amines) is 1. The number of anilines is 3. The monoisotopic (exact) mass is 606 g/mol. The summed E-state index contributed by atoms with van der Waals surface area (Å²) in [5, 5.41) is 15.5. The number of carbonyl (C=O) groups excluding carboxylic acids is 2. The lowest BCUT2D eigenvalue weighted by atomic mass is 10.0. The zero-order chi connectivity index (χ0) is 31.5. The fourth-order valence-electron chi connectivity index (χ4n) is 5.53. The maximum Gasteiger partial charge on any atom is 0.228 e. The fraction of sp³-hybridized carbons (Fsp3) is 0.324. The molecule has 3 aromatic heterocycles. The van der Waals surface area contributed by atoms with E-state index in [9.17, 15) is 9.59 Å². The van der Waals surface area contributed by atoms with Crippen LogP contribution in [0.3, 0.4) is 0 Å². The highest BCUT2D eigenvalue weighted by molar-refractivity contribution is 5.94. The van der Waals surface area contributed by atoms with Crippen molar-refractivity contribution in [2.75, 3.05) is 37.4 Å². The highest BCUT2D eigenvalue weighted by atomic mass is 16.5. The van der Waals surface area contributed by atoms with Gasteiger partial charge in [0.2, 0.25) is 5.91 Å². The van der Waals surface area contributed by atoms with Crippen LogP contribution in [0, 0.1) is 12.8 Å². The van der Waals surface area contributed by atoms with E-state index in [-0.39, 0.29) is 23.6 Å². The largest absolute Gasteiger partial charge is 0.494 e. The Labute approximate surface area is 262 Å². The number of fused-ring (bicyclic) bond motifs is 1. The average Bonchev–Trinajstić information content (AvgIpc) is 3.61. The quantitative estimate of drug-likeness (QED) is 0.146. The predicted octanol–water partition coefficient (Wildman–Crippen LogP) is 5.75. The molecular formula is C34H38N8O3. The number of aldehydes is 1. The Balaban J connectivity index is 1.22. The molecule has 2 fully saturated rings. The smallest absolute Gasteiger partial charge is 0.228 e. The maximum absolute atomic E-state index is 12.5. The fourth-order valence-corrected chi connectivity index (χ4v) is 5.53. The molecule has 1 saturated heterocycles. The van der Waals surface area contributed by atoms with E-state index in [1.54, 1.807) is 13.2 Å². The van der Waals surface area contributed by atoms with Crippen LogP contribution in [0.15, 0.2) is 73.2 Å². The average molecular weight is 607 g/mol. The van der Waals surface area contributed by atoms with Crippen LogP contribution in [-0.2, 0) is 4.79 Å². The summed E-state index contributed by atoms with van der Waals surface area (Å²) in [5.74, 6) is 0.968. The van der Waals surface area contributed by atoms with Crippen molar-refractivity contribution < 1.29 is 14.3 Å². The molecule has 2 aliphatic rings. The zero-order valence-corrected chi connectivity index (χ0v) is 25.9. The van der Waals surface area contributed by atoms with E-state index >= 15 is 0 Å². The van der Waals surface area contributed by atoms with Gasteiger partial charge in [0.25, 0.3) is 0 Å². The second-order valence-electron chi connectivity index (χ2n) is 11.6. The molecule has 11 nitrogen and oxygen atoms in total. The Morgan fingerprint density at radius 2 is 2.00 bits per heavy atom. The Hall–Kier alpha value is -5.03. The van der Waals surface area contributed by atoms with Crippen LogP contribution in [0.2, 0.25) is 0 Å². The van der Waals surface area contributed by atoms with Gasteiger partial charge in [0, 0.05) is 48.9 Å². The van der Waals surface area contributed by atoms with Gasteiger partial charge >= 0.3 is 0 Å². The van der Waals surface area contributed by atoms with Crippen molar-refractivity contribution in [3.05, 3.63) is 84.5 Å². The lowest BCUT2D eigenvalue weighted by molar-refractivity contribution is -0.117. The summed E-state index contributed by atoms with van der Waals surface area (Å²) >= 11 is 0. The molecule has 11 heteroatoms. The standard InChI is InChI=1S/C34H38N8O3/c1-5-6-7-8-9-22(2)16-40-19-27(20-40)41-17-25(15-35-41)31-23(3)10-13-28(32(31)45-4)37-29-14-30(38-34(44)24-11-12-24)39-42-18-26(21-43)36-33(29)42/h6-10,13-15,17-18,21,24,27,37H,2,5,11-12,16,19-20H2,1,3-4H3,(H,38,39,44)/b7-6-,9-8-. The zero-order valence-electron chi connectivity index (χ0n) is 25.9. The topological polar surface area (TPSA) is 119 Å². The molecule has 45 heavy (non-hydrogen) atoms. The van der Waals surface area contributed by atoms with Crippen molar-refractivity contribution in [2.45, 2.75) is 39.2 Å². The highest BCUT2D eigenvalue weighted by Gasteiger charge is 2.31. The number of carbonyl (C=O) groups is 2. The van der Waals surface area contributed by atoms with E-state index in [1.807, 2.05) is 36.0 Å². The van der Waals surface area contributed by atoms with Gasteiger partial charge in [0.1, 0.15) is 11.4 Å². The van der Waals surface area contributed by atoms with E-state index in [1.165, 1.54) is 10.7 Å². The van der Waals surface area contributed by atoms with Gasteiger partial charge in [0.05, 0.1) is 36.9 Å². The van der Waals surface area contributed by atoms with Crippen LogP contribution in [-0.4, -0.2) is 68.2 Å². The maximum atomic E-state index is 12.5. The van der Waals surface area contributed by atoms with Crippen molar-refractivity contribution >= 4 is 35.0 Å². The summed E-state index contributed by atoms with van der Waals surface area (Å²) in [6.07, 6.45) is 17.2. The van der Waals surface area contributed by atoms with E-state index in [2.05, 4.69) is 63.5 Å². The van der Waals surface area contributed by atoms with Crippen molar-refractivity contribution in [1.29, 1.82) is 0 Å². The van der Waals surface area contributed by atoms with Gasteiger partial charge in [-0.1, -0.05) is 43.9 Å². The number of methoxy groups -OCH3 is 1. The number of amides is 1. The van der Waals surface area contributed by atoms with Crippen molar-refractivity contribution in [3.63, 3.8) is 0 Å². The molecule has 1 aliphatic carbocycles. The van der Waals surface area contributed by atoms with Gasteiger partial charge in [-0.2, -0.15) is 5.10 Å². The number of hydrogen-bond acceptors (Lipinski definition) is 8. The Morgan fingerprint density at radius 3 is 2.73 bits per heavy atom. The molecule has 6 rings (SSSR count). The summed E-state index contributed by atoms with van der Waals surface area (Å²) in [6, 6.07) is 5.97. The SMILES string of the molecule is C=C(/C=C\C=C/CC)CN1CC(n2cc(-c3c(C)ccc(Nc4cc(NC(=O)C5CC5)nn5cc(C=O)nc45)c3OC)cn2)C1. The van der Waals surface area contributed by atoms with E-state index < -0.39 is 0 Å². The number of nitrogens with one attached hydrogen (secondary N) is 2. The third-order valence-corrected chi connectivity index (χ3v) is 8.05. The molecule has 2 N–H and O–H groups in total. The number of nitrogens with zero attached hydrogens (tertiary/aromatic N) is 6. The number of ether oxygens (including phenoxy) is 1. The van der Waals surface area contributed by atoms with Crippen LogP contribution >= 0.6 is 0 Å². The van der Waals surface area contributed by atoms with Crippen LogP contribution in [0.25, 0.3) is 16.8 Å². The number of allylic oxidation sites excluding steroid dienone is 3. The molecular weight excluding hydrogens is 568 g/mol. The van der Waals surface area contributed by atoms with Crippen LogP contribution in [0.4, 0.5) is 17.2 Å². The van der Waals surface area contributed by atoms with Gasteiger partial charge in [-0.3, -0.25) is 19.2 Å². The third kappa shape index (κ3) is 6.58. The number of rotatable bonds is 13. The Kier molecular flexibility index (Phi) is 8.61. The van der Waals surface area contributed by atoms with Crippen LogP contribution in [0.1, 0.15) is 48.3 Å². The van der Waals surface area contributed by atoms with Crippen molar-refractivity contribution in [1.82, 2.24) is 29.3 Å². The van der Waals surface area contributed by atoms with Crippen LogP contribution < -0.4 is 15.4 Å². The Bertz CT molecular complexity index is 1810. The van der Waals surface area contributed by atoms with E-state index in [4.69, 9.17) is 9.84 Å². The molecule has 0 radical (unpaired) electrons. The summed E-state index contributed by atoms with van der Waals surface area (Å²) < 4.78 is 9.50. The minimum Gasteiger partial charge on any atom is -0.494 e. The Morgan fingerprint density at radius 1 is 1.18 bits per heavy atom. The minimum absolute atomic E-state index is 0.0190. The predicted molar refractivity (Wildman–Crippen MR) is 175 cm³/mol. The number of aryl methyl sites for hydroxylation is 1. The van der Waals surface area contributed by atoms with Crippen molar-refractivity contribution in [3.8, 4) is 16.9 Å². The number of aromatic nitrogens is 5. The van der Waals surface area contributed by atoms with Gasteiger partial charge in [0.15, 0.2) is 17.8 Å². The minimum atomic E-state index is -0.0630. The third-order valence-electron chi connectivity index (χ3n) is 8.05. The molecule has 0 atom stereocenters. The lowest BCUT2D eigenvalue weighted by Gasteiger charge is -2.39. The van der Waals surface area contributed by atoms with E-state index in [0.717, 1.165) is 61.2 Å². The molecule has 0 unspecified atom stereocenters. The molecule has 4 heterocycles. The molecule has 1 aliphatic heterocycles.